The molecular weight excluding hydrogens is 458 g/mol. The first kappa shape index (κ1) is 29.0. The molecule has 0 bridgehead atoms. The lowest BCUT2D eigenvalue weighted by Crippen LogP contribution is -2.62. The van der Waals surface area contributed by atoms with Crippen molar-refractivity contribution < 1.29 is 28.9 Å². The maximum absolute atomic E-state index is 13.6. The van der Waals surface area contributed by atoms with Gasteiger partial charge in [0.15, 0.2) is 5.54 Å². The van der Waals surface area contributed by atoms with Crippen LogP contribution in [0.1, 0.15) is 65.2 Å². The molecule has 1 amide bonds. The van der Waals surface area contributed by atoms with Gasteiger partial charge in [0.2, 0.25) is 0 Å². The normalized spacial score (nSPS) is 14.3. The van der Waals surface area contributed by atoms with Crippen LogP contribution in [-0.2, 0) is 42.5 Å². The summed E-state index contributed by atoms with van der Waals surface area (Å²) in [5, 5.41) is 0. The van der Waals surface area contributed by atoms with Crippen molar-refractivity contribution in [3.8, 4) is 0 Å². The lowest BCUT2D eigenvalue weighted by Gasteiger charge is -2.41. The van der Waals surface area contributed by atoms with Crippen LogP contribution in [-0.4, -0.2) is 41.4 Å². The van der Waals surface area contributed by atoms with Crippen molar-refractivity contribution in [3.63, 3.8) is 0 Å². The molecule has 36 heavy (non-hydrogen) atoms. The quantitative estimate of drug-likeness (QED) is 0.253. The van der Waals surface area contributed by atoms with Gasteiger partial charge in [0.1, 0.15) is 18.5 Å². The van der Waals surface area contributed by atoms with E-state index in [1.165, 1.54) is 7.05 Å². The highest BCUT2D eigenvalue weighted by atomic mass is 17.2. The Balaban J connectivity index is 2.45. The molecule has 7 heteroatoms. The number of hydrogen-bond acceptors (Lipinski definition) is 6. The molecule has 1 unspecified atom stereocenters. The summed E-state index contributed by atoms with van der Waals surface area (Å²) in [5.41, 5.74) is 0.121. The fraction of sp³-hybridized carbons (Fsp3) is 0.483. The van der Waals surface area contributed by atoms with Crippen molar-refractivity contribution in [2.24, 2.45) is 5.92 Å². The van der Waals surface area contributed by atoms with Crippen molar-refractivity contribution >= 4 is 18.3 Å². The Bertz CT molecular complexity index is 1020. The zero-order chi connectivity index (χ0) is 27.1. The van der Waals surface area contributed by atoms with Crippen LogP contribution in [0.25, 0.3) is 0 Å². The number of amides is 1. The molecule has 0 fully saturated rings. The van der Waals surface area contributed by atoms with Crippen molar-refractivity contribution in [3.05, 3.63) is 71.3 Å². The van der Waals surface area contributed by atoms with Crippen LogP contribution in [0.15, 0.2) is 54.6 Å². The van der Waals surface area contributed by atoms with Gasteiger partial charge in [-0.2, -0.15) is 4.89 Å². The van der Waals surface area contributed by atoms with Gasteiger partial charge in [-0.3, -0.25) is 9.79 Å². The predicted molar refractivity (Wildman–Crippen MR) is 138 cm³/mol. The second-order valence-corrected chi connectivity index (χ2v) is 11.1. The number of aldehydes is 1. The lowest BCUT2D eigenvalue weighted by atomic mass is 9.78. The van der Waals surface area contributed by atoms with Crippen LogP contribution in [0.4, 0.5) is 4.79 Å². The van der Waals surface area contributed by atoms with Crippen molar-refractivity contribution in [1.29, 1.82) is 0 Å². The Morgan fingerprint density at radius 3 is 2.00 bits per heavy atom. The van der Waals surface area contributed by atoms with E-state index in [4.69, 9.17) is 14.5 Å². The van der Waals surface area contributed by atoms with Gasteiger partial charge in [-0.05, 0) is 42.9 Å². The summed E-state index contributed by atoms with van der Waals surface area (Å²) in [5.74, 6) is -1.78. The highest BCUT2D eigenvalue weighted by Crippen LogP contribution is 2.32. The third-order valence-corrected chi connectivity index (χ3v) is 6.07. The van der Waals surface area contributed by atoms with Crippen LogP contribution in [0.2, 0.25) is 0 Å². The lowest BCUT2D eigenvalue weighted by molar-refractivity contribution is -0.289. The average Bonchev–Trinajstić information content (AvgIpc) is 2.80. The molecule has 2 rings (SSSR count). The van der Waals surface area contributed by atoms with E-state index in [1.54, 1.807) is 27.7 Å². The molecule has 0 N–H and O–H groups in total. The molecule has 0 radical (unpaired) electrons. The van der Waals surface area contributed by atoms with Crippen LogP contribution in [0.3, 0.4) is 0 Å². The molecule has 0 aliphatic heterocycles. The summed E-state index contributed by atoms with van der Waals surface area (Å²) in [6, 6.07) is 17.0. The minimum Gasteiger partial charge on any atom is -0.444 e. The number of nitrogens with zero attached hydrogens (tertiary/aromatic N) is 1. The zero-order valence-corrected chi connectivity index (χ0v) is 22.7. The molecule has 0 spiro atoms. The Morgan fingerprint density at radius 1 is 0.917 bits per heavy atom. The highest BCUT2D eigenvalue weighted by molar-refractivity contribution is 5.89. The van der Waals surface area contributed by atoms with E-state index in [1.807, 2.05) is 54.6 Å². The molecular formula is C29H39NO6. The van der Waals surface area contributed by atoms with Gasteiger partial charge in [0.25, 0.3) is 0 Å². The molecule has 0 aliphatic rings. The fourth-order valence-electron chi connectivity index (χ4n) is 3.82. The van der Waals surface area contributed by atoms with Gasteiger partial charge in [-0.15, -0.1) is 0 Å². The number of hydrogen-bond donors (Lipinski definition) is 0. The van der Waals surface area contributed by atoms with Gasteiger partial charge >= 0.3 is 12.1 Å². The Hall–Kier alpha value is -3.19. The van der Waals surface area contributed by atoms with Crippen LogP contribution in [0, 0.1) is 5.92 Å². The highest BCUT2D eigenvalue weighted by Gasteiger charge is 2.52. The number of carbonyl (C=O) groups is 3. The zero-order valence-electron chi connectivity index (χ0n) is 22.7. The van der Waals surface area contributed by atoms with Crippen LogP contribution >= 0.6 is 0 Å². The van der Waals surface area contributed by atoms with Crippen LogP contribution < -0.4 is 0 Å². The molecule has 2 aromatic rings. The largest absolute Gasteiger partial charge is 0.444 e. The molecule has 0 aromatic heterocycles. The summed E-state index contributed by atoms with van der Waals surface area (Å²) < 4.78 is 5.55. The summed E-state index contributed by atoms with van der Waals surface area (Å²) in [6.07, 6.45) is -0.0776. The molecule has 196 valence electrons. The molecule has 2 atom stereocenters. The smallest absolute Gasteiger partial charge is 0.411 e. The van der Waals surface area contributed by atoms with E-state index >= 15 is 0 Å². The first-order valence-corrected chi connectivity index (χ1v) is 12.1. The van der Waals surface area contributed by atoms with Crippen molar-refractivity contribution in [1.82, 2.24) is 4.90 Å². The van der Waals surface area contributed by atoms with Gasteiger partial charge in [0, 0.05) is 19.4 Å². The first-order chi connectivity index (χ1) is 16.7. The number of carbonyl (C=O) groups excluding carboxylic acids is 3. The Kier molecular flexibility index (Phi) is 9.44. The average molecular weight is 498 g/mol. The number of benzene rings is 2. The predicted octanol–water partition coefficient (Wildman–Crippen LogP) is 5.64. The number of ether oxygens (including phenoxy) is 1. The SMILES string of the molecule is CC(C=O)[C@@](Cc1ccc(C(C)(C)C)cc1)(C(=O)OOCc1ccccc1)N(C)C(=O)OC(C)(C)C. The minimum atomic E-state index is -1.70. The molecule has 0 saturated heterocycles. The minimum absolute atomic E-state index is 0.0224. The van der Waals surface area contributed by atoms with Gasteiger partial charge in [-0.1, -0.05) is 82.3 Å². The van der Waals surface area contributed by atoms with E-state index in [-0.39, 0.29) is 18.4 Å². The maximum Gasteiger partial charge on any atom is 0.411 e. The number of rotatable bonds is 9. The summed E-state index contributed by atoms with van der Waals surface area (Å²) in [7, 11) is 1.44. The number of likely N-dealkylation sites (N-methyl/N-ethyl adjacent to an activating group) is 1. The van der Waals surface area contributed by atoms with Gasteiger partial charge in [-0.25, -0.2) is 9.59 Å². The van der Waals surface area contributed by atoms with E-state index in [0.29, 0.717) is 6.29 Å². The molecule has 0 aliphatic carbocycles. The second kappa shape index (κ2) is 11.7. The molecule has 2 aromatic carbocycles. The Labute approximate surface area is 214 Å². The second-order valence-electron chi connectivity index (χ2n) is 11.1. The van der Waals surface area contributed by atoms with Gasteiger partial charge < -0.3 is 9.53 Å². The maximum atomic E-state index is 13.6. The van der Waals surface area contributed by atoms with Crippen molar-refractivity contribution in [2.45, 2.75) is 78.0 Å². The fourth-order valence-corrected chi connectivity index (χ4v) is 3.82. The third-order valence-electron chi connectivity index (χ3n) is 6.07. The standard InChI is InChI=1S/C29H39NO6/c1-21(19-31)29(30(8)26(33)35-28(5,6)7,18-22-14-16-24(17-15-22)27(2,3)4)25(32)36-34-20-23-12-10-9-11-13-23/h9-17,19,21H,18,20H2,1-8H3/t21?,29-/m0/s1. The van der Waals surface area contributed by atoms with Gasteiger partial charge in [0.05, 0.1) is 0 Å². The third kappa shape index (κ3) is 7.40. The first-order valence-electron chi connectivity index (χ1n) is 12.1. The van der Waals surface area contributed by atoms with Crippen molar-refractivity contribution in [2.75, 3.05) is 7.05 Å². The van der Waals surface area contributed by atoms with E-state index in [2.05, 4.69) is 20.8 Å². The van der Waals surface area contributed by atoms with Crippen LogP contribution in [0.5, 0.6) is 0 Å². The molecule has 0 saturated carbocycles. The topological polar surface area (TPSA) is 82.1 Å². The monoisotopic (exact) mass is 497 g/mol. The summed E-state index contributed by atoms with van der Waals surface area (Å²) in [4.78, 5) is 50.6. The van der Waals surface area contributed by atoms with E-state index in [9.17, 15) is 14.4 Å². The summed E-state index contributed by atoms with van der Waals surface area (Å²) in [6.45, 7) is 13.1. The Morgan fingerprint density at radius 2 is 1.50 bits per heavy atom. The van der Waals surface area contributed by atoms with E-state index < -0.39 is 29.1 Å². The van der Waals surface area contributed by atoms with E-state index in [0.717, 1.165) is 21.6 Å². The molecule has 7 nitrogen and oxygen atoms in total. The molecule has 0 heterocycles. The summed E-state index contributed by atoms with van der Waals surface area (Å²) >= 11 is 0.